The molecule has 29 heavy (non-hydrogen) atoms. The minimum absolute atomic E-state index is 0.144. The van der Waals surface area contributed by atoms with Crippen molar-refractivity contribution in [2.75, 3.05) is 10.6 Å². The van der Waals surface area contributed by atoms with Gasteiger partial charge in [-0.05, 0) is 49.9 Å². The average Bonchev–Trinajstić information content (AvgIpc) is 2.66. The topological polar surface area (TPSA) is 66.5 Å². The number of rotatable bonds is 9. The van der Waals surface area contributed by atoms with E-state index in [0.29, 0.717) is 6.42 Å². The third-order valence-electron chi connectivity index (χ3n) is 4.58. The molecule has 0 fully saturated rings. The van der Waals surface area contributed by atoms with Crippen molar-refractivity contribution in [2.45, 2.75) is 45.2 Å². The minimum atomic E-state index is -3.80. The Morgan fingerprint density at radius 3 is 2.41 bits per heavy atom. The summed E-state index contributed by atoms with van der Waals surface area (Å²) in [6, 6.07) is 12.4. The van der Waals surface area contributed by atoms with Crippen molar-refractivity contribution in [2.24, 2.45) is 0 Å². The Morgan fingerprint density at radius 2 is 1.86 bits per heavy atom. The van der Waals surface area contributed by atoms with E-state index >= 15 is 0 Å². The first-order valence-electron chi connectivity index (χ1n) is 9.42. The number of hydrogen-bond donors (Lipinski definition) is 1. The lowest BCUT2D eigenvalue weighted by molar-refractivity contribution is -0.122. The van der Waals surface area contributed by atoms with Gasteiger partial charge in [0.15, 0.2) is 0 Å². The van der Waals surface area contributed by atoms with Crippen molar-refractivity contribution in [3.8, 4) is 0 Å². The maximum Gasteiger partial charge on any atom is 0.244 e. The van der Waals surface area contributed by atoms with Crippen LogP contribution < -0.4 is 9.62 Å². The van der Waals surface area contributed by atoms with Crippen molar-refractivity contribution in [1.29, 1.82) is 0 Å². The second-order valence-electron chi connectivity index (χ2n) is 7.02. The molecule has 1 amide bonds. The Labute approximate surface area is 176 Å². The number of nitrogens with zero attached hydrogens (tertiary/aromatic N) is 1. The fourth-order valence-electron chi connectivity index (χ4n) is 3.12. The summed E-state index contributed by atoms with van der Waals surface area (Å²) in [7, 11) is -3.80. The maximum atomic E-state index is 13.5. The molecular weight excluding hydrogens is 415 g/mol. The van der Waals surface area contributed by atoms with Crippen molar-refractivity contribution in [3.63, 3.8) is 0 Å². The Hall–Kier alpha value is -2.12. The number of halogens is 2. The van der Waals surface area contributed by atoms with Gasteiger partial charge in [-0.2, -0.15) is 0 Å². The summed E-state index contributed by atoms with van der Waals surface area (Å²) < 4.78 is 39.4. The second-order valence-corrected chi connectivity index (χ2v) is 9.28. The van der Waals surface area contributed by atoms with Crippen LogP contribution in [0.15, 0.2) is 48.5 Å². The number of sulfonamides is 1. The Kier molecular flexibility index (Phi) is 8.05. The molecule has 2 atom stereocenters. The van der Waals surface area contributed by atoms with Crippen LogP contribution in [0.25, 0.3) is 0 Å². The Morgan fingerprint density at radius 1 is 1.21 bits per heavy atom. The van der Waals surface area contributed by atoms with Crippen molar-refractivity contribution >= 4 is 33.2 Å². The summed E-state index contributed by atoms with van der Waals surface area (Å²) in [6.07, 6.45) is 2.77. The highest BCUT2D eigenvalue weighted by Crippen LogP contribution is 2.27. The number of aryl methyl sites for hydroxylation is 1. The zero-order valence-electron chi connectivity index (χ0n) is 16.7. The SMILES string of the molecule is CC[C@H](C(=O)N[C@H](C)CCc1ccccc1)N(c1ccc(F)c(Cl)c1)S(C)(=O)=O. The van der Waals surface area contributed by atoms with Crippen LogP contribution in [-0.2, 0) is 21.2 Å². The molecule has 8 heteroatoms. The van der Waals surface area contributed by atoms with Crippen LogP contribution in [0.1, 0.15) is 32.3 Å². The first-order chi connectivity index (χ1) is 13.6. The second kappa shape index (κ2) is 10.1. The first-order valence-corrected chi connectivity index (χ1v) is 11.6. The number of carbonyl (C=O) groups excluding carboxylic acids is 1. The van der Waals surface area contributed by atoms with Crippen LogP contribution in [0.4, 0.5) is 10.1 Å². The maximum absolute atomic E-state index is 13.5. The number of benzene rings is 2. The summed E-state index contributed by atoms with van der Waals surface area (Å²) in [4.78, 5) is 12.9. The van der Waals surface area contributed by atoms with Crippen LogP contribution in [0.2, 0.25) is 5.02 Å². The molecule has 2 aromatic carbocycles. The van der Waals surface area contributed by atoms with E-state index < -0.39 is 27.8 Å². The Balaban J connectivity index is 2.16. The van der Waals surface area contributed by atoms with E-state index in [1.807, 2.05) is 37.3 Å². The van der Waals surface area contributed by atoms with E-state index in [0.717, 1.165) is 23.0 Å². The van der Waals surface area contributed by atoms with E-state index in [1.54, 1.807) is 6.92 Å². The van der Waals surface area contributed by atoms with Gasteiger partial charge in [0.1, 0.15) is 11.9 Å². The summed E-state index contributed by atoms with van der Waals surface area (Å²) in [5, 5.41) is 2.69. The molecule has 0 aliphatic carbocycles. The molecule has 0 saturated heterocycles. The molecule has 0 spiro atoms. The van der Waals surface area contributed by atoms with Gasteiger partial charge in [0, 0.05) is 6.04 Å². The molecule has 0 aromatic heterocycles. The molecule has 0 aliphatic heterocycles. The summed E-state index contributed by atoms with van der Waals surface area (Å²) in [5.41, 5.74) is 1.32. The zero-order chi connectivity index (χ0) is 21.6. The largest absolute Gasteiger partial charge is 0.352 e. The lowest BCUT2D eigenvalue weighted by Gasteiger charge is -2.31. The quantitative estimate of drug-likeness (QED) is 0.636. The van der Waals surface area contributed by atoms with Crippen LogP contribution in [0, 0.1) is 5.82 Å². The highest BCUT2D eigenvalue weighted by atomic mass is 35.5. The van der Waals surface area contributed by atoms with Crippen LogP contribution in [0.3, 0.4) is 0 Å². The molecule has 2 rings (SSSR count). The van der Waals surface area contributed by atoms with E-state index in [-0.39, 0.29) is 23.2 Å². The summed E-state index contributed by atoms with van der Waals surface area (Å²) in [5.74, 6) is -1.06. The predicted octanol–water partition coefficient (Wildman–Crippen LogP) is 4.16. The van der Waals surface area contributed by atoms with Crippen LogP contribution in [-0.4, -0.2) is 32.7 Å². The third-order valence-corrected chi connectivity index (χ3v) is 6.05. The number of carbonyl (C=O) groups is 1. The lowest BCUT2D eigenvalue weighted by atomic mass is 10.1. The van der Waals surface area contributed by atoms with E-state index in [4.69, 9.17) is 11.6 Å². The molecule has 0 heterocycles. The predicted molar refractivity (Wildman–Crippen MR) is 115 cm³/mol. The molecule has 0 aliphatic rings. The van der Waals surface area contributed by atoms with Gasteiger partial charge in [-0.3, -0.25) is 9.10 Å². The fraction of sp³-hybridized carbons (Fsp3) is 0.381. The monoisotopic (exact) mass is 440 g/mol. The zero-order valence-corrected chi connectivity index (χ0v) is 18.3. The molecular formula is C21H26ClFN2O3S. The standard InChI is InChI=1S/C21H26ClFN2O3S/c1-4-20(21(26)24-15(2)10-11-16-8-6-5-7-9-16)25(29(3,27)28)17-12-13-19(23)18(22)14-17/h5-9,12-15,20H,4,10-11H2,1-3H3,(H,24,26)/t15-,20-/m1/s1. The Bertz CT molecular complexity index is 938. The normalized spacial score (nSPS) is 13.6. The number of amides is 1. The summed E-state index contributed by atoms with van der Waals surface area (Å²) in [6.45, 7) is 3.61. The highest BCUT2D eigenvalue weighted by molar-refractivity contribution is 7.92. The number of nitrogens with one attached hydrogen (secondary N) is 1. The van der Waals surface area contributed by atoms with Gasteiger partial charge >= 0.3 is 0 Å². The van der Waals surface area contributed by atoms with Gasteiger partial charge in [-0.1, -0.05) is 48.9 Å². The first kappa shape index (κ1) is 23.2. The van der Waals surface area contributed by atoms with E-state index in [2.05, 4.69) is 5.32 Å². The van der Waals surface area contributed by atoms with Crippen molar-refractivity contribution in [1.82, 2.24) is 5.32 Å². The van der Waals surface area contributed by atoms with E-state index in [1.165, 1.54) is 17.7 Å². The molecule has 0 bridgehead atoms. The van der Waals surface area contributed by atoms with E-state index in [9.17, 15) is 17.6 Å². The third kappa shape index (κ3) is 6.44. The molecule has 0 unspecified atom stereocenters. The van der Waals surface area contributed by atoms with Crippen molar-refractivity contribution < 1.29 is 17.6 Å². The van der Waals surface area contributed by atoms with Crippen LogP contribution >= 0.6 is 11.6 Å². The van der Waals surface area contributed by atoms with Gasteiger partial charge < -0.3 is 5.32 Å². The highest BCUT2D eigenvalue weighted by Gasteiger charge is 2.32. The summed E-state index contributed by atoms with van der Waals surface area (Å²) >= 11 is 5.82. The van der Waals surface area contributed by atoms with Crippen molar-refractivity contribution in [3.05, 3.63) is 64.9 Å². The molecule has 0 saturated carbocycles. The van der Waals surface area contributed by atoms with Gasteiger partial charge in [0.2, 0.25) is 15.9 Å². The van der Waals surface area contributed by atoms with Gasteiger partial charge in [0.25, 0.3) is 0 Å². The minimum Gasteiger partial charge on any atom is -0.352 e. The fourth-order valence-corrected chi connectivity index (χ4v) is 4.50. The molecule has 158 valence electrons. The number of hydrogen-bond acceptors (Lipinski definition) is 3. The average molecular weight is 441 g/mol. The molecule has 1 N–H and O–H groups in total. The van der Waals surface area contributed by atoms with Gasteiger partial charge in [-0.15, -0.1) is 0 Å². The smallest absolute Gasteiger partial charge is 0.244 e. The molecule has 2 aromatic rings. The van der Waals surface area contributed by atoms with Gasteiger partial charge in [0.05, 0.1) is 17.0 Å². The molecule has 5 nitrogen and oxygen atoms in total. The van der Waals surface area contributed by atoms with Gasteiger partial charge in [-0.25, -0.2) is 12.8 Å². The lowest BCUT2D eigenvalue weighted by Crippen LogP contribution is -2.51. The molecule has 0 radical (unpaired) electrons. The van der Waals surface area contributed by atoms with Crippen LogP contribution in [0.5, 0.6) is 0 Å². The number of anilines is 1.